The number of hydrogen-bond acceptors (Lipinski definition) is 2. The molecule has 3 amide bonds. The van der Waals surface area contributed by atoms with Crippen LogP contribution in [0.25, 0.3) is 0 Å². The quantitative estimate of drug-likeness (QED) is 0.712. The van der Waals surface area contributed by atoms with E-state index in [0.29, 0.717) is 5.92 Å². The number of carbonyl (C=O) groups excluding carboxylic acids is 2. The number of hydrogen-bond donors (Lipinski definition) is 3. The number of nitrogens with two attached hydrogens (primary N) is 1. The molecule has 5 heteroatoms. The van der Waals surface area contributed by atoms with E-state index in [0.717, 1.165) is 18.5 Å². The van der Waals surface area contributed by atoms with Gasteiger partial charge in [-0.1, -0.05) is 68.4 Å². The predicted molar refractivity (Wildman–Crippen MR) is 103 cm³/mol. The topological polar surface area (TPSA) is 74.8 Å². The summed E-state index contributed by atoms with van der Waals surface area (Å²) >= 11 is 0. The second-order valence-electron chi connectivity index (χ2n) is 6.63. The zero-order valence-corrected chi connectivity index (χ0v) is 15.7. The molecule has 0 saturated heterocycles. The van der Waals surface area contributed by atoms with Crippen molar-refractivity contribution in [2.45, 2.75) is 32.2 Å². The van der Waals surface area contributed by atoms with Crippen molar-refractivity contribution in [3.63, 3.8) is 0 Å². The van der Waals surface area contributed by atoms with Gasteiger partial charge < -0.3 is 10.6 Å². The predicted octanol–water partition coefficient (Wildman–Crippen LogP) is 2.11. The minimum atomic E-state index is -0.492. The maximum atomic E-state index is 12.5. The maximum Gasteiger partial charge on any atom is 0.321 e. The summed E-state index contributed by atoms with van der Waals surface area (Å²) in [6.07, 6.45) is 0.856. The molecule has 0 fully saturated rings. The third kappa shape index (κ3) is 5.70. The van der Waals surface area contributed by atoms with E-state index in [1.165, 1.54) is 18.2 Å². The van der Waals surface area contributed by atoms with Crippen LogP contribution in [0.4, 0.5) is 4.79 Å². The smallest absolute Gasteiger partial charge is 0.321 e. The average molecular weight is 354 g/mol. The van der Waals surface area contributed by atoms with E-state index >= 15 is 0 Å². The third-order valence-electron chi connectivity index (χ3n) is 4.39. The van der Waals surface area contributed by atoms with Gasteiger partial charge >= 0.3 is 6.03 Å². The Balaban J connectivity index is 2.00. The molecule has 0 spiro atoms. The van der Waals surface area contributed by atoms with E-state index < -0.39 is 12.1 Å². The SMILES string of the molecule is CNC(=O)NC(=O)[C@@H]([NH2+]CCc1ccc(C(C)C)cc1)c1ccccc1. The summed E-state index contributed by atoms with van der Waals surface area (Å²) in [5, 5.41) is 6.77. The minimum absolute atomic E-state index is 0.314. The van der Waals surface area contributed by atoms with Gasteiger partial charge in [0.25, 0.3) is 5.91 Å². The Morgan fingerprint density at radius 2 is 1.62 bits per heavy atom. The summed E-state index contributed by atoms with van der Waals surface area (Å²) in [4.78, 5) is 24.0. The Morgan fingerprint density at radius 3 is 2.19 bits per heavy atom. The highest BCUT2D eigenvalue weighted by Gasteiger charge is 2.25. The lowest BCUT2D eigenvalue weighted by Gasteiger charge is -2.15. The fraction of sp³-hybridized carbons (Fsp3) is 0.333. The highest BCUT2D eigenvalue weighted by molar-refractivity contribution is 5.96. The summed E-state index contributed by atoms with van der Waals surface area (Å²) in [6.45, 7) is 5.11. The Morgan fingerprint density at radius 1 is 0.962 bits per heavy atom. The van der Waals surface area contributed by atoms with Crippen molar-refractivity contribution in [2.24, 2.45) is 0 Å². The summed E-state index contributed by atoms with van der Waals surface area (Å²) in [7, 11) is 1.49. The Labute approximate surface area is 155 Å². The van der Waals surface area contributed by atoms with Crippen LogP contribution in [-0.4, -0.2) is 25.5 Å². The van der Waals surface area contributed by atoms with Crippen molar-refractivity contribution < 1.29 is 14.9 Å². The van der Waals surface area contributed by atoms with Crippen molar-refractivity contribution in [1.82, 2.24) is 10.6 Å². The first kappa shape index (κ1) is 19.7. The second kappa shape index (κ2) is 9.73. The van der Waals surface area contributed by atoms with Crippen LogP contribution < -0.4 is 16.0 Å². The first-order chi connectivity index (χ1) is 12.5. The maximum absolute atomic E-state index is 12.5. The average Bonchev–Trinajstić information content (AvgIpc) is 2.66. The molecule has 2 aromatic carbocycles. The van der Waals surface area contributed by atoms with Gasteiger partial charge in [-0.25, -0.2) is 4.79 Å². The molecule has 26 heavy (non-hydrogen) atoms. The van der Waals surface area contributed by atoms with Gasteiger partial charge in [0.2, 0.25) is 0 Å². The van der Waals surface area contributed by atoms with Gasteiger partial charge in [-0.3, -0.25) is 10.1 Å². The zero-order valence-electron chi connectivity index (χ0n) is 15.7. The van der Waals surface area contributed by atoms with Gasteiger partial charge in [0.1, 0.15) is 0 Å². The molecule has 1 atom stereocenters. The van der Waals surface area contributed by atoms with Crippen molar-refractivity contribution in [1.29, 1.82) is 0 Å². The second-order valence-corrected chi connectivity index (χ2v) is 6.63. The molecule has 2 aromatic rings. The molecule has 0 heterocycles. The van der Waals surface area contributed by atoms with Crippen molar-refractivity contribution >= 4 is 11.9 Å². The van der Waals surface area contributed by atoms with Crippen LogP contribution in [0.15, 0.2) is 54.6 Å². The van der Waals surface area contributed by atoms with Gasteiger partial charge in [0.15, 0.2) is 6.04 Å². The highest BCUT2D eigenvalue weighted by Crippen LogP contribution is 2.14. The molecule has 5 nitrogen and oxygen atoms in total. The van der Waals surface area contributed by atoms with E-state index in [-0.39, 0.29) is 5.91 Å². The lowest BCUT2D eigenvalue weighted by atomic mass is 10.0. The van der Waals surface area contributed by atoms with E-state index in [1.54, 1.807) is 0 Å². The first-order valence-electron chi connectivity index (χ1n) is 9.01. The number of benzene rings is 2. The summed E-state index contributed by atoms with van der Waals surface area (Å²) in [5.74, 6) is 0.206. The van der Waals surface area contributed by atoms with Crippen molar-refractivity contribution in [3.8, 4) is 0 Å². The monoisotopic (exact) mass is 354 g/mol. The van der Waals surface area contributed by atoms with Crippen LogP contribution in [0.1, 0.15) is 42.5 Å². The lowest BCUT2D eigenvalue weighted by Crippen LogP contribution is -2.88. The molecule has 138 valence electrons. The van der Waals surface area contributed by atoms with E-state index in [4.69, 9.17) is 0 Å². The normalized spacial score (nSPS) is 11.8. The van der Waals surface area contributed by atoms with Crippen LogP contribution in [0.3, 0.4) is 0 Å². The molecule has 0 aliphatic carbocycles. The molecule has 0 aromatic heterocycles. The van der Waals surface area contributed by atoms with Gasteiger partial charge in [-0.15, -0.1) is 0 Å². The highest BCUT2D eigenvalue weighted by atomic mass is 16.2. The number of imide groups is 1. The Bertz CT molecular complexity index is 712. The molecule has 0 unspecified atom stereocenters. The summed E-state index contributed by atoms with van der Waals surface area (Å²) in [6, 6.07) is 17.2. The van der Waals surface area contributed by atoms with Crippen molar-refractivity contribution in [3.05, 3.63) is 71.3 Å². The van der Waals surface area contributed by atoms with Gasteiger partial charge in [0.05, 0.1) is 6.54 Å². The van der Waals surface area contributed by atoms with Gasteiger partial charge in [-0.2, -0.15) is 0 Å². The molecule has 0 saturated carbocycles. The number of carbonyl (C=O) groups is 2. The fourth-order valence-electron chi connectivity index (χ4n) is 2.79. The number of quaternary nitrogens is 1. The van der Waals surface area contributed by atoms with Crippen molar-refractivity contribution in [2.75, 3.05) is 13.6 Å². The largest absolute Gasteiger partial charge is 0.341 e. The zero-order chi connectivity index (χ0) is 18.9. The molecule has 4 N–H and O–H groups in total. The third-order valence-corrected chi connectivity index (χ3v) is 4.39. The Kier molecular flexibility index (Phi) is 7.36. The number of amides is 3. The van der Waals surface area contributed by atoms with Crippen LogP contribution in [0.2, 0.25) is 0 Å². The van der Waals surface area contributed by atoms with Crippen LogP contribution >= 0.6 is 0 Å². The molecule has 0 radical (unpaired) electrons. The van der Waals surface area contributed by atoms with E-state index in [2.05, 4.69) is 48.7 Å². The summed E-state index contributed by atoms with van der Waals surface area (Å²) in [5.41, 5.74) is 3.44. The van der Waals surface area contributed by atoms with Crippen LogP contribution in [0, 0.1) is 0 Å². The van der Waals surface area contributed by atoms with Crippen LogP contribution in [-0.2, 0) is 11.2 Å². The van der Waals surface area contributed by atoms with Gasteiger partial charge in [-0.05, 0) is 17.0 Å². The fourth-order valence-corrected chi connectivity index (χ4v) is 2.79. The lowest BCUT2D eigenvalue weighted by molar-refractivity contribution is -0.682. The molecule has 0 aliphatic rings. The summed E-state index contributed by atoms with van der Waals surface area (Å²) < 4.78 is 0. The van der Waals surface area contributed by atoms with E-state index in [9.17, 15) is 9.59 Å². The molecule has 0 bridgehead atoms. The molecule has 2 rings (SSSR count). The van der Waals surface area contributed by atoms with Crippen LogP contribution in [0.5, 0.6) is 0 Å². The number of rotatable bonds is 7. The minimum Gasteiger partial charge on any atom is -0.341 e. The first-order valence-corrected chi connectivity index (χ1v) is 9.01. The standard InChI is InChI=1S/C21H27N3O2/c1-15(2)17-11-9-16(10-12-17)13-14-23-19(18-7-5-4-6-8-18)20(25)24-21(26)22-3/h4-12,15,19,23H,13-14H2,1-3H3,(H2,22,24,25,26)/p+1/t19-/m0/s1. The number of urea groups is 1. The van der Waals surface area contributed by atoms with E-state index in [1.807, 2.05) is 35.6 Å². The molecule has 0 aliphatic heterocycles. The van der Waals surface area contributed by atoms with Gasteiger partial charge in [0, 0.05) is 19.0 Å². The molecular formula is C21H28N3O2+. The number of nitrogens with one attached hydrogen (secondary N) is 2. The Hall–Kier alpha value is -2.66. The molecular weight excluding hydrogens is 326 g/mol.